The molecule has 0 atom stereocenters. The monoisotopic (exact) mass is 321 g/mol. The van der Waals surface area contributed by atoms with E-state index in [1.165, 1.54) is 0 Å². The number of halogens is 1. The smallest absolute Gasteiger partial charge is 0.232 e. The number of ether oxygens (including phenoxy) is 2. The highest BCUT2D eigenvalue weighted by molar-refractivity contribution is 7.92. The van der Waals surface area contributed by atoms with Crippen molar-refractivity contribution < 1.29 is 17.9 Å². The molecule has 0 fully saturated rings. The summed E-state index contributed by atoms with van der Waals surface area (Å²) in [5.74, 6) is 1.22. The first kappa shape index (κ1) is 17.1. The van der Waals surface area contributed by atoms with E-state index in [1.54, 1.807) is 31.4 Å². The molecule has 0 saturated carbocycles. The van der Waals surface area contributed by atoms with Gasteiger partial charge < -0.3 is 9.47 Å². The van der Waals surface area contributed by atoms with Crippen molar-refractivity contribution in [2.75, 3.05) is 36.7 Å². The molecule has 0 bridgehead atoms. The van der Waals surface area contributed by atoms with Crippen molar-refractivity contribution in [3.8, 4) is 5.75 Å². The second-order valence-corrected chi connectivity index (χ2v) is 6.40. The van der Waals surface area contributed by atoms with Gasteiger partial charge in [0.05, 0.1) is 12.4 Å². The number of methoxy groups -OCH3 is 1. The van der Waals surface area contributed by atoms with Crippen LogP contribution in [0.2, 0.25) is 0 Å². The van der Waals surface area contributed by atoms with Crippen LogP contribution in [-0.2, 0) is 14.8 Å². The molecule has 1 aromatic rings. The third-order valence-electron chi connectivity index (χ3n) is 2.48. The molecule has 114 valence electrons. The van der Waals surface area contributed by atoms with Crippen LogP contribution in [0, 0.1) is 0 Å². The van der Waals surface area contributed by atoms with Crippen molar-refractivity contribution in [2.24, 2.45) is 0 Å². The summed E-state index contributed by atoms with van der Waals surface area (Å²) < 4.78 is 36.3. The maximum Gasteiger partial charge on any atom is 0.232 e. The Morgan fingerprint density at radius 2 is 1.85 bits per heavy atom. The number of rotatable bonds is 10. The standard InChI is InChI=1S/C13H20ClNO4S/c1-18-9-10-19-13-6-4-12(5-7-13)15-20(16,17)11-3-2-8-14/h4-7,15H,2-3,8-11H2,1H3. The molecule has 1 rings (SSSR count). The Labute approximate surface area is 125 Å². The predicted octanol–water partition coefficient (Wildman–Crippen LogP) is 2.47. The number of sulfonamides is 1. The van der Waals surface area contributed by atoms with Crippen LogP contribution in [0.25, 0.3) is 0 Å². The predicted molar refractivity (Wildman–Crippen MR) is 81.2 cm³/mol. The van der Waals surface area contributed by atoms with E-state index < -0.39 is 10.0 Å². The lowest BCUT2D eigenvalue weighted by atomic mass is 10.3. The number of alkyl halides is 1. The fraction of sp³-hybridized carbons (Fsp3) is 0.538. The lowest BCUT2D eigenvalue weighted by Gasteiger charge is -2.09. The van der Waals surface area contributed by atoms with Crippen LogP contribution in [0.4, 0.5) is 5.69 Å². The van der Waals surface area contributed by atoms with Gasteiger partial charge in [0.1, 0.15) is 12.4 Å². The van der Waals surface area contributed by atoms with Gasteiger partial charge in [-0.1, -0.05) is 0 Å². The van der Waals surface area contributed by atoms with Crippen molar-refractivity contribution in [3.05, 3.63) is 24.3 Å². The van der Waals surface area contributed by atoms with E-state index in [9.17, 15) is 8.42 Å². The minimum Gasteiger partial charge on any atom is -0.491 e. The normalized spacial score (nSPS) is 11.3. The van der Waals surface area contributed by atoms with E-state index in [4.69, 9.17) is 21.1 Å². The SMILES string of the molecule is COCCOc1ccc(NS(=O)(=O)CCCCCl)cc1. The summed E-state index contributed by atoms with van der Waals surface area (Å²) in [7, 11) is -1.71. The largest absolute Gasteiger partial charge is 0.491 e. The number of hydrogen-bond acceptors (Lipinski definition) is 4. The van der Waals surface area contributed by atoms with E-state index in [1.807, 2.05) is 0 Å². The molecule has 0 radical (unpaired) electrons. The summed E-state index contributed by atoms with van der Waals surface area (Å²) in [6, 6.07) is 6.76. The van der Waals surface area contributed by atoms with Gasteiger partial charge in [0.15, 0.2) is 0 Å². The summed E-state index contributed by atoms with van der Waals surface area (Å²) in [6.07, 6.45) is 1.24. The van der Waals surface area contributed by atoms with Crippen molar-refractivity contribution in [3.63, 3.8) is 0 Å². The van der Waals surface area contributed by atoms with Crippen molar-refractivity contribution >= 4 is 27.3 Å². The van der Waals surface area contributed by atoms with E-state index in [-0.39, 0.29) is 5.75 Å². The zero-order valence-electron chi connectivity index (χ0n) is 11.5. The molecule has 0 aliphatic carbocycles. The second-order valence-electron chi connectivity index (χ2n) is 4.18. The van der Waals surface area contributed by atoms with Crippen molar-refractivity contribution in [1.82, 2.24) is 0 Å². The van der Waals surface area contributed by atoms with Gasteiger partial charge in [-0.25, -0.2) is 8.42 Å². The number of hydrogen-bond donors (Lipinski definition) is 1. The lowest BCUT2D eigenvalue weighted by Crippen LogP contribution is -2.16. The Hall–Kier alpha value is -0.980. The van der Waals surface area contributed by atoms with E-state index in [2.05, 4.69) is 4.72 Å². The number of benzene rings is 1. The zero-order chi connectivity index (χ0) is 14.8. The molecule has 0 saturated heterocycles. The van der Waals surface area contributed by atoms with Gasteiger partial charge in [0.25, 0.3) is 0 Å². The maximum atomic E-state index is 11.8. The van der Waals surface area contributed by atoms with E-state index >= 15 is 0 Å². The molecule has 0 amide bonds. The Morgan fingerprint density at radius 3 is 2.45 bits per heavy atom. The molecular formula is C13H20ClNO4S. The molecule has 20 heavy (non-hydrogen) atoms. The molecular weight excluding hydrogens is 302 g/mol. The summed E-state index contributed by atoms with van der Waals surface area (Å²) >= 11 is 5.52. The molecule has 0 aliphatic rings. The molecule has 0 unspecified atom stereocenters. The summed E-state index contributed by atoms with van der Waals surface area (Å²) in [5.41, 5.74) is 0.523. The Morgan fingerprint density at radius 1 is 1.15 bits per heavy atom. The summed E-state index contributed by atoms with van der Waals surface area (Å²) in [6.45, 7) is 0.967. The fourth-order valence-corrected chi connectivity index (χ4v) is 2.85. The third-order valence-corrected chi connectivity index (χ3v) is 4.12. The maximum absolute atomic E-state index is 11.8. The van der Waals surface area contributed by atoms with Gasteiger partial charge in [0, 0.05) is 18.7 Å². The zero-order valence-corrected chi connectivity index (χ0v) is 13.0. The highest BCUT2D eigenvalue weighted by Crippen LogP contribution is 2.17. The number of anilines is 1. The first-order valence-electron chi connectivity index (χ1n) is 6.35. The molecule has 1 N–H and O–H groups in total. The van der Waals surface area contributed by atoms with Gasteiger partial charge in [-0.15, -0.1) is 11.6 Å². The van der Waals surface area contributed by atoms with E-state index in [0.29, 0.717) is 43.4 Å². The first-order valence-corrected chi connectivity index (χ1v) is 8.54. The van der Waals surface area contributed by atoms with Gasteiger partial charge >= 0.3 is 0 Å². The van der Waals surface area contributed by atoms with Gasteiger partial charge in [-0.3, -0.25) is 4.72 Å². The molecule has 7 heteroatoms. The van der Waals surface area contributed by atoms with Crippen LogP contribution < -0.4 is 9.46 Å². The quantitative estimate of drug-likeness (QED) is 0.531. The van der Waals surface area contributed by atoms with Crippen LogP contribution in [0.5, 0.6) is 5.75 Å². The molecule has 0 heterocycles. The average molecular weight is 322 g/mol. The minimum absolute atomic E-state index is 0.0752. The number of nitrogens with one attached hydrogen (secondary N) is 1. The van der Waals surface area contributed by atoms with Crippen molar-refractivity contribution in [1.29, 1.82) is 0 Å². The Balaban J connectivity index is 2.47. The van der Waals surface area contributed by atoms with Crippen LogP contribution >= 0.6 is 11.6 Å². The fourth-order valence-electron chi connectivity index (χ4n) is 1.48. The Bertz CT molecular complexity index is 476. The van der Waals surface area contributed by atoms with Crippen LogP contribution in [0.1, 0.15) is 12.8 Å². The summed E-state index contributed by atoms with van der Waals surface area (Å²) in [4.78, 5) is 0. The average Bonchev–Trinajstić information content (AvgIpc) is 2.41. The van der Waals surface area contributed by atoms with Crippen LogP contribution in [0.15, 0.2) is 24.3 Å². The lowest BCUT2D eigenvalue weighted by molar-refractivity contribution is 0.146. The minimum atomic E-state index is -3.31. The molecule has 0 aliphatic heterocycles. The van der Waals surface area contributed by atoms with Gasteiger partial charge in [0.2, 0.25) is 10.0 Å². The highest BCUT2D eigenvalue weighted by atomic mass is 35.5. The second kappa shape index (κ2) is 9.05. The van der Waals surface area contributed by atoms with Gasteiger partial charge in [-0.05, 0) is 37.1 Å². The molecule has 0 aromatic heterocycles. The summed E-state index contributed by atoms with van der Waals surface area (Å²) in [5, 5.41) is 0. The topological polar surface area (TPSA) is 64.6 Å². The molecule has 1 aromatic carbocycles. The van der Waals surface area contributed by atoms with Crippen LogP contribution in [-0.4, -0.2) is 40.4 Å². The third kappa shape index (κ3) is 6.98. The Kier molecular flexibility index (Phi) is 7.72. The van der Waals surface area contributed by atoms with Crippen molar-refractivity contribution in [2.45, 2.75) is 12.8 Å². The van der Waals surface area contributed by atoms with Gasteiger partial charge in [-0.2, -0.15) is 0 Å². The number of unbranched alkanes of at least 4 members (excludes halogenated alkanes) is 1. The highest BCUT2D eigenvalue weighted by Gasteiger charge is 2.09. The first-order chi connectivity index (χ1) is 9.57. The molecule has 0 spiro atoms. The molecule has 5 nitrogen and oxygen atoms in total. The van der Waals surface area contributed by atoms with Crippen LogP contribution in [0.3, 0.4) is 0 Å². The van der Waals surface area contributed by atoms with E-state index in [0.717, 1.165) is 0 Å².